The van der Waals surface area contributed by atoms with Crippen molar-refractivity contribution < 1.29 is 4.39 Å². The summed E-state index contributed by atoms with van der Waals surface area (Å²) in [5, 5.41) is 0.991. The SMILES string of the molecule is N[C@@H](CC1CCC(c2ccnc3ccc(F)cc23)CC1)C1CC1. The van der Waals surface area contributed by atoms with Crippen molar-refractivity contribution in [2.45, 2.75) is 56.9 Å². The summed E-state index contributed by atoms with van der Waals surface area (Å²) in [5.74, 6) is 1.96. The van der Waals surface area contributed by atoms with E-state index in [1.54, 1.807) is 12.1 Å². The predicted molar refractivity (Wildman–Crippen MR) is 91.7 cm³/mol. The Morgan fingerprint density at radius 2 is 1.87 bits per heavy atom. The van der Waals surface area contributed by atoms with Crippen molar-refractivity contribution in [3.8, 4) is 0 Å². The van der Waals surface area contributed by atoms with Gasteiger partial charge in [0.2, 0.25) is 0 Å². The van der Waals surface area contributed by atoms with Crippen molar-refractivity contribution in [1.29, 1.82) is 0 Å². The van der Waals surface area contributed by atoms with Crippen molar-refractivity contribution in [3.05, 3.63) is 41.8 Å². The number of fused-ring (bicyclic) bond motifs is 1. The van der Waals surface area contributed by atoms with E-state index in [4.69, 9.17) is 5.73 Å². The first-order valence-corrected chi connectivity index (χ1v) is 9.00. The highest BCUT2D eigenvalue weighted by molar-refractivity contribution is 5.82. The number of pyridine rings is 1. The first-order valence-electron chi connectivity index (χ1n) is 9.00. The topological polar surface area (TPSA) is 38.9 Å². The third-order valence-electron chi connectivity index (χ3n) is 5.86. The first kappa shape index (κ1) is 15.1. The van der Waals surface area contributed by atoms with E-state index < -0.39 is 0 Å². The molecule has 2 aliphatic rings. The molecule has 1 aromatic carbocycles. The van der Waals surface area contributed by atoms with Crippen LogP contribution >= 0.6 is 0 Å². The lowest BCUT2D eigenvalue weighted by atomic mass is 9.75. The van der Waals surface area contributed by atoms with Gasteiger partial charge in [-0.15, -0.1) is 0 Å². The lowest BCUT2D eigenvalue weighted by molar-refractivity contribution is 0.286. The van der Waals surface area contributed by atoms with E-state index in [2.05, 4.69) is 11.1 Å². The van der Waals surface area contributed by atoms with Gasteiger partial charge < -0.3 is 5.73 Å². The van der Waals surface area contributed by atoms with Crippen LogP contribution in [-0.4, -0.2) is 11.0 Å². The molecule has 2 aromatic rings. The van der Waals surface area contributed by atoms with Crippen molar-refractivity contribution in [1.82, 2.24) is 4.98 Å². The number of hydrogen-bond acceptors (Lipinski definition) is 2. The van der Waals surface area contributed by atoms with Gasteiger partial charge in [0.05, 0.1) is 5.52 Å². The Morgan fingerprint density at radius 3 is 2.61 bits per heavy atom. The molecule has 0 radical (unpaired) electrons. The second-order valence-electron chi connectivity index (χ2n) is 7.52. The van der Waals surface area contributed by atoms with Crippen molar-refractivity contribution in [2.24, 2.45) is 17.6 Å². The molecule has 0 saturated heterocycles. The van der Waals surface area contributed by atoms with E-state index in [0.717, 1.165) is 22.7 Å². The summed E-state index contributed by atoms with van der Waals surface area (Å²) in [4.78, 5) is 4.38. The van der Waals surface area contributed by atoms with Crippen LogP contribution in [0.1, 0.15) is 56.4 Å². The van der Waals surface area contributed by atoms with Crippen LogP contribution in [-0.2, 0) is 0 Å². The lowest BCUT2D eigenvalue weighted by Crippen LogP contribution is -2.27. The highest BCUT2D eigenvalue weighted by atomic mass is 19.1. The normalized spacial score (nSPS) is 26.3. The van der Waals surface area contributed by atoms with Crippen LogP contribution in [0.25, 0.3) is 10.9 Å². The number of halogens is 1. The minimum Gasteiger partial charge on any atom is -0.327 e. The zero-order valence-electron chi connectivity index (χ0n) is 13.5. The molecule has 2 N–H and O–H groups in total. The maximum Gasteiger partial charge on any atom is 0.123 e. The molecule has 2 nitrogen and oxygen atoms in total. The Balaban J connectivity index is 1.46. The maximum atomic E-state index is 13.6. The number of aromatic nitrogens is 1. The van der Waals surface area contributed by atoms with Crippen LogP contribution < -0.4 is 5.73 Å². The fourth-order valence-electron chi connectivity index (χ4n) is 4.31. The van der Waals surface area contributed by atoms with E-state index in [-0.39, 0.29) is 5.82 Å². The van der Waals surface area contributed by atoms with E-state index in [0.29, 0.717) is 12.0 Å². The summed E-state index contributed by atoms with van der Waals surface area (Å²) in [5.41, 5.74) is 8.48. The van der Waals surface area contributed by atoms with Crippen LogP contribution in [0.4, 0.5) is 4.39 Å². The average molecular weight is 312 g/mol. The van der Waals surface area contributed by atoms with Gasteiger partial charge in [-0.05, 0) is 92.5 Å². The summed E-state index contributed by atoms with van der Waals surface area (Å²) >= 11 is 0. The molecular formula is C20H25FN2. The van der Waals surface area contributed by atoms with Crippen LogP contribution in [0, 0.1) is 17.7 Å². The highest BCUT2D eigenvalue weighted by Gasteiger charge is 2.32. The number of benzene rings is 1. The standard InChI is InChI=1S/C20H25FN2/c21-16-7-8-20-18(12-16)17(9-10-23-20)14-3-1-13(2-4-14)11-19(22)15-5-6-15/h7-10,12-15,19H,1-6,11,22H2/t13?,14?,19-/m0/s1. The zero-order valence-corrected chi connectivity index (χ0v) is 13.5. The molecule has 0 bridgehead atoms. The number of hydrogen-bond donors (Lipinski definition) is 1. The van der Waals surface area contributed by atoms with Crippen LogP contribution in [0.2, 0.25) is 0 Å². The summed E-state index contributed by atoms with van der Waals surface area (Å²) in [7, 11) is 0. The van der Waals surface area contributed by atoms with E-state index in [1.165, 1.54) is 56.6 Å². The van der Waals surface area contributed by atoms with E-state index >= 15 is 0 Å². The second-order valence-corrected chi connectivity index (χ2v) is 7.52. The molecule has 2 saturated carbocycles. The monoisotopic (exact) mass is 312 g/mol. The quantitative estimate of drug-likeness (QED) is 0.882. The van der Waals surface area contributed by atoms with E-state index in [1.807, 2.05) is 6.20 Å². The molecule has 0 unspecified atom stereocenters. The molecule has 1 aromatic heterocycles. The van der Waals surface area contributed by atoms with Gasteiger partial charge in [-0.1, -0.05) is 0 Å². The largest absolute Gasteiger partial charge is 0.327 e. The summed E-state index contributed by atoms with van der Waals surface area (Å²) in [6, 6.07) is 7.44. The molecule has 0 aliphatic heterocycles. The van der Waals surface area contributed by atoms with Gasteiger partial charge in [0.25, 0.3) is 0 Å². The second kappa shape index (κ2) is 6.20. The van der Waals surface area contributed by atoms with Gasteiger partial charge in [-0.2, -0.15) is 0 Å². The minimum atomic E-state index is -0.171. The van der Waals surface area contributed by atoms with Crippen LogP contribution in [0.3, 0.4) is 0 Å². The molecular weight excluding hydrogens is 287 g/mol. The fraction of sp³-hybridized carbons (Fsp3) is 0.550. The Hall–Kier alpha value is -1.48. The molecule has 122 valence electrons. The Morgan fingerprint density at radius 1 is 1.09 bits per heavy atom. The van der Waals surface area contributed by atoms with Gasteiger partial charge in [-0.25, -0.2) is 4.39 Å². The summed E-state index contributed by atoms with van der Waals surface area (Å²) < 4.78 is 13.6. The minimum absolute atomic E-state index is 0.171. The van der Waals surface area contributed by atoms with Crippen LogP contribution in [0.15, 0.2) is 30.5 Å². The molecule has 2 aliphatic carbocycles. The zero-order chi connectivity index (χ0) is 15.8. The van der Waals surface area contributed by atoms with Gasteiger partial charge in [0, 0.05) is 17.6 Å². The Bertz CT molecular complexity index is 687. The predicted octanol–water partition coefficient (Wildman–Crippen LogP) is 4.78. The Labute approximate surface area is 137 Å². The summed E-state index contributed by atoms with van der Waals surface area (Å²) in [6.07, 6.45) is 10.6. The highest BCUT2D eigenvalue weighted by Crippen LogP contribution is 2.41. The van der Waals surface area contributed by atoms with Crippen LogP contribution in [0.5, 0.6) is 0 Å². The maximum absolute atomic E-state index is 13.6. The van der Waals surface area contributed by atoms with Crippen molar-refractivity contribution in [2.75, 3.05) is 0 Å². The Kier molecular flexibility index (Phi) is 4.06. The van der Waals surface area contributed by atoms with E-state index in [9.17, 15) is 4.39 Å². The number of rotatable bonds is 4. The molecule has 1 heterocycles. The molecule has 1 atom stereocenters. The molecule has 3 heteroatoms. The number of nitrogens with zero attached hydrogens (tertiary/aromatic N) is 1. The van der Waals surface area contributed by atoms with Gasteiger partial charge >= 0.3 is 0 Å². The fourth-order valence-corrected chi connectivity index (χ4v) is 4.31. The van der Waals surface area contributed by atoms with Crippen molar-refractivity contribution >= 4 is 10.9 Å². The molecule has 4 rings (SSSR count). The average Bonchev–Trinajstić information content (AvgIpc) is 3.40. The van der Waals surface area contributed by atoms with Gasteiger partial charge in [0.15, 0.2) is 0 Å². The first-order chi connectivity index (χ1) is 11.2. The third-order valence-corrected chi connectivity index (χ3v) is 5.86. The van der Waals surface area contributed by atoms with Gasteiger partial charge in [0.1, 0.15) is 5.82 Å². The third kappa shape index (κ3) is 3.25. The molecule has 23 heavy (non-hydrogen) atoms. The molecule has 0 amide bonds. The molecule has 2 fully saturated rings. The van der Waals surface area contributed by atoms with Crippen molar-refractivity contribution in [3.63, 3.8) is 0 Å². The smallest absolute Gasteiger partial charge is 0.123 e. The van der Waals surface area contributed by atoms with Gasteiger partial charge in [-0.3, -0.25) is 4.98 Å². The number of nitrogens with two attached hydrogens (primary N) is 1. The molecule has 0 spiro atoms. The summed E-state index contributed by atoms with van der Waals surface area (Å²) in [6.45, 7) is 0. The lowest BCUT2D eigenvalue weighted by Gasteiger charge is -2.31.